The molecule has 1 aromatic rings. The van der Waals surface area contributed by atoms with Gasteiger partial charge < -0.3 is 4.74 Å². The molecule has 0 heterocycles. The molecule has 0 atom stereocenters. The molecule has 0 fully saturated rings. The highest BCUT2D eigenvalue weighted by atomic mass is 79.9. The summed E-state index contributed by atoms with van der Waals surface area (Å²) >= 11 is 3.00. The van der Waals surface area contributed by atoms with Crippen LogP contribution in [0, 0.1) is 11.3 Å². The lowest BCUT2D eigenvalue weighted by molar-refractivity contribution is -0.137. The molecule has 1 rings (SSSR count). The first-order valence-corrected chi connectivity index (χ1v) is 5.00. The van der Waals surface area contributed by atoms with Gasteiger partial charge in [0.15, 0.2) is 0 Å². The number of methoxy groups -OCH3 is 1. The molecule has 16 heavy (non-hydrogen) atoms. The minimum absolute atomic E-state index is 0.0120. The van der Waals surface area contributed by atoms with Crippen molar-refractivity contribution >= 4 is 15.9 Å². The van der Waals surface area contributed by atoms with Crippen LogP contribution in [-0.2, 0) is 12.6 Å². The molecular formula is C10H7BrF3NO. The van der Waals surface area contributed by atoms with E-state index in [4.69, 9.17) is 10.00 Å². The molecule has 0 radical (unpaired) electrons. The SMILES string of the molecule is COc1cc(C(F)(F)F)cc(Br)c1CC#N. The summed E-state index contributed by atoms with van der Waals surface area (Å²) in [5, 5.41) is 8.54. The number of benzene rings is 1. The second kappa shape index (κ2) is 4.74. The molecule has 0 amide bonds. The van der Waals surface area contributed by atoms with E-state index in [2.05, 4.69) is 15.9 Å². The predicted octanol–water partition coefficient (Wildman–Crippen LogP) is 3.54. The average molecular weight is 294 g/mol. The van der Waals surface area contributed by atoms with Crippen LogP contribution in [0.15, 0.2) is 16.6 Å². The second-order valence-electron chi connectivity index (χ2n) is 2.97. The lowest BCUT2D eigenvalue weighted by Gasteiger charge is -2.13. The average Bonchev–Trinajstić information content (AvgIpc) is 2.19. The molecule has 0 saturated heterocycles. The standard InChI is InChI=1S/C10H7BrF3NO/c1-16-9-5-6(10(12,13)14)4-8(11)7(9)2-3-15/h4-5H,2H2,1H3. The van der Waals surface area contributed by atoms with Gasteiger partial charge in [0, 0.05) is 10.0 Å². The fourth-order valence-electron chi connectivity index (χ4n) is 1.21. The van der Waals surface area contributed by atoms with Gasteiger partial charge in [-0.1, -0.05) is 15.9 Å². The monoisotopic (exact) mass is 293 g/mol. The van der Waals surface area contributed by atoms with E-state index in [1.54, 1.807) is 0 Å². The Kier molecular flexibility index (Phi) is 3.81. The predicted molar refractivity (Wildman–Crippen MR) is 55.0 cm³/mol. The number of nitrogens with zero attached hydrogens (tertiary/aromatic N) is 1. The third-order valence-electron chi connectivity index (χ3n) is 1.96. The van der Waals surface area contributed by atoms with E-state index in [0.29, 0.717) is 5.56 Å². The Labute approximate surface area is 98.8 Å². The summed E-state index contributed by atoms with van der Waals surface area (Å²) in [6.45, 7) is 0. The fourth-order valence-corrected chi connectivity index (χ4v) is 1.79. The molecule has 0 N–H and O–H groups in total. The van der Waals surface area contributed by atoms with Crippen molar-refractivity contribution in [2.75, 3.05) is 7.11 Å². The third kappa shape index (κ3) is 2.67. The van der Waals surface area contributed by atoms with E-state index >= 15 is 0 Å². The fraction of sp³-hybridized carbons (Fsp3) is 0.300. The molecule has 1 aromatic carbocycles. The van der Waals surface area contributed by atoms with Crippen molar-refractivity contribution in [2.24, 2.45) is 0 Å². The van der Waals surface area contributed by atoms with E-state index in [0.717, 1.165) is 12.1 Å². The van der Waals surface area contributed by atoms with Crippen LogP contribution >= 0.6 is 15.9 Å². The van der Waals surface area contributed by atoms with Crippen molar-refractivity contribution in [3.8, 4) is 11.8 Å². The highest BCUT2D eigenvalue weighted by Crippen LogP contribution is 2.37. The maximum absolute atomic E-state index is 12.5. The summed E-state index contributed by atoms with van der Waals surface area (Å²) in [5.41, 5.74) is -0.393. The number of ether oxygens (including phenoxy) is 1. The van der Waals surface area contributed by atoms with E-state index in [1.165, 1.54) is 7.11 Å². The van der Waals surface area contributed by atoms with E-state index in [9.17, 15) is 13.2 Å². The van der Waals surface area contributed by atoms with E-state index < -0.39 is 11.7 Å². The topological polar surface area (TPSA) is 33.0 Å². The zero-order valence-electron chi connectivity index (χ0n) is 8.23. The molecule has 0 saturated carbocycles. The zero-order chi connectivity index (χ0) is 12.3. The summed E-state index contributed by atoms with van der Waals surface area (Å²) in [5.74, 6) is 0.0586. The Hall–Kier alpha value is -1.22. The van der Waals surface area contributed by atoms with Gasteiger partial charge in [0.25, 0.3) is 0 Å². The summed E-state index contributed by atoms with van der Waals surface area (Å²) in [6, 6.07) is 3.69. The van der Waals surface area contributed by atoms with E-state index in [1.807, 2.05) is 6.07 Å². The minimum atomic E-state index is -4.43. The minimum Gasteiger partial charge on any atom is -0.496 e. The second-order valence-corrected chi connectivity index (χ2v) is 3.83. The van der Waals surface area contributed by atoms with Crippen LogP contribution in [0.1, 0.15) is 11.1 Å². The van der Waals surface area contributed by atoms with Crippen LogP contribution in [0.25, 0.3) is 0 Å². The molecule has 0 aliphatic carbocycles. The number of hydrogen-bond acceptors (Lipinski definition) is 2. The van der Waals surface area contributed by atoms with Crippen LogP contribution in [0.4, 0.5) is 13.2 Å². The van der Waals surface area contributed by atoms with Crippen molar-refractivity contribution in [1.29, 1.82) is 5.26 Å². The first kappa shape index (κ1) is 12.8. The molecule has 86 valence electrons. The number of halogens is 4. The Morgan fingerprint density at radius 3 is 2.50 bits per heavy atom. The zero-order valence-corrected chi connectivity index (χ0v) is 9.82. The van der Waals surface area contributed by atoms with Crippen LogP contribution in [0.5, 0.6) is 5.75 Å². The van der Waals surface area contributed by atoms with Crippen LogP contribution in [0.2, 0.25) is 0 Å². The van der Waals surface area contributed by atoms with Gasteiger partial charge >= 0.3 is 6.18 Å². The van der Waals surface area contributed by atoms with Gasteiger partial charge in [0.05, 0.1) is 25.2 Å². The van der Waals surface area contributed by atoms with Gasteiger partial charge in [0.2, 0.25) is 0 Å². The lowest BCUT2D eigenvalue weighted by atomic mass is 10.1. The Balaban J connectivity index is 3.33. The van der Waals surface area contributed by atoms with Crippen LogP contribution in [-0.4, -0.2) is 7.11 Å². The highest BCUT2D eigenvalue weighted by molar-refractivity contribution is 9.10. The van der Waals surface area contributed by atoms with Crippen molar-refractivity contribution in [3.63, 3.8) is 0 Å². The summed E-state index contributed by atoms with van der Waals surface area (Å²) in [4.78, 5) is 0. The van der Waals surface area contributed by atoms with Gasteiger partial charge in [-0.3, -0.25) is 0 Å². The van der Waals surface area contributed by atoms with Crippen LogP contribution < -0.4 is 4.74 Å². The molecule has 0 aliphatic rings. The molecule has 2 nitrogen and oxygen atoms in total. The quantitative estimate of drug-likeness (QED) is 0.835. The largest absolute Gasteiger partial charge is 0.496 e. The molecule has 0 unspecified atom stereocenters. The Bertz CT molecular complexity index is 437. The number of hydrogen-bond donors (Lipinski definition) is 0. The molecular weight excluding hydrogens is 287 g/mol. The molecule has 0 bridgehead atoms. The van der Waals surface area contributed by atoms with Crippen molar-refractivity contribution < 1.29 is 17.9 Å². The Morgan fingerprint density at radius 2 is 2.06 bits per heavy atom. The number of alkyl halides is 3. The maximum Gasteiger partial charge on any atom is 0.416 e. The van der Waals surface area contributed by atoms with Gasteiger partial charge in [-0.15, -0.1) is 0 Å². The first-order valence-electron chi connectivity index (χ1n) is 4.20. The van der Waals surface area contributed by atoms with Crippen LogP contribution in [0.3, 0.4) is 0 Å². The van der Waals surface area contributed by atoms with Gasteiger partial charge in [-0.2, -0.15) is 18.4 Å². The number of rotatable bonds is 2. The van der Waals surface area contributed by atoms with Gasteiger partial charge in [-0.05, 0) is 12.1 Å². The van der Waals surface area contributed by atoms with Gasteiger partial charge in [0.1, 0.15) is 5.75 Å². The lowest BCUT2D eigenvalue weighted by Crippen LogP contribution is -2.06. The van der Waals surface area contributed by atoms with Gasteiger partial charge in [-0.25, -0.2) is 0 Å². The summed E-state index contributed by atoms with van der Waals surface area (Å²) < 4.78 is 42.4. The number of nitriles is 1. The van der Waals surface area contributed by atoms with E-state index in [-0.39, 0.29) is 16.6 Å². The molecule has 0 aliphatic heterocycles. The van der Waals surface area contributed by atoms with Crippen molar-refractivity contribution in [1.82, 2.24) is 0 Å². The first-order chi connectivity index (χ1) is 7.40. The summed E-state index contributed by atoms with van der Waals surface area (Å²) in [6.07, 6.45) is -4.44. The van der Waals surface area contributed by atoms with Crippen molar-refractivity contribution in [3.05, 3.63) is 27.7 Å². The highest BCUT2D eigenvalue weighted by Gasteiger charge is 2.32. The van der Waals surface area contributed by atoms with Crippen molar-refractivity contribution in [2.45, 2.75) is 12.6 Å². The normalized spacial score (nSPS) is 11.0. The third-order valence-corrected chi connectivity index (χ3v) is 2.67. The smallest absolute Gasteiger partial charge is 0.416 e. The molecule has 0 aromatic heterocycles. The Morgan fingerprint density at radius 1 is 1.44 bits per heavy atom. The summed E-state index contributed by atoms with van der Waals surface area (Å²) in [7, 11) is 1.27. The maximum atomic E-state index is 12.5. The molecule has 6 heteroatoms. The molecule has 0 spiro atoms.